The van der Waals surface area contributed by atoms with Crippen molar-refractivity contribution < 1.29 is 117 Å². The molecule has 12 saturated heterocycles. The molecular weight excluding hydrogens is 1920 g/mol. The van der Waals surface area contributed by atoms with Gasteiger partial charge in [0.15, 0.2) is 0 Å². The quantitative estimate of drug-likeness (QED) is 0.0496. The number of piperazine rings is 7. The number of ether oxygens (including phenoxy) is 1. The van der Waals surface area contributed by atoms with Crippen molar-refractivity contribution in [3.63, 3.8) is 0 Å². The first-order chi connectivity index (χ1) is 62.8. The van der Waals surface area contributed by atoms with Crippen LogP contribution in [0, 0.1) is 5.92 Å². The molecule has 0 unspecified atom stereocenters. The summed E-state index contributed by atoms with van der Waals surface area (Å²) in [7, 11) is 4.23. The molecule has 1 radical (unpaired) electrons. The van der Waals surface area contributed by atoms with Crippen LogP contribution in [0.4, 0.5) is 26.3 Å². The van der Waals surface area contributed by atoms with Crippen LogP contribution in [-0.4, -0.2) is 438 Å². The molecule has 12 fully saturated rings. The number of carbonyl (C=O) groups excluding carboxylic acids is 11. The smallest absolute Gasteiger partial charge is 0.491 e. The molecule has 16 rings (SSSR count). The van der Waals surface area contributed by atoms with Crippen molar-refractivity contribution in [2.24, 2.45) is 5.92 Å². The van der Waals surface area contributed by atoms with Gasteiger partial charge in [0.05, 0.1) is 12.1 Å². The summed E-state index contributed by atoms with van der Waals surface area (Å²) >= 11 is 0. The van der Waals surface area contributed by atoms with Gasteiger partial charge >= 0.3 is 24.3 Å². The van der Waals surface area contributed by atoms with Crippen LogP contribution >= 0.6 is 0 Å². The van der Waals surface area contributed by atoms with Gasteiger partial charge in [-0.1, -0.05) is 203 Å². The molecule has 0 saturated carbocycles. The van der Waals surface area contributed by atoms with E-state index in [0.717, 1.165) is 234 Å². The summed E-state index contributed by atoms with van der Waals surface area (Å²) in [5.74, 6) is -4.04. The van der Waals surface area contributed by atoms with Crippen molar-refractivity contribution in [1.29, 1.82) is 0 Å². The number of rotatable bonds is 10. The summed E-state index contributed by atoms with van der Waals surface area (Å²) in [6, 6.07) is 46.5. The van der Waals surface area contributed by atoms with Crippen LogP contribution in [0.1, 0.15) is 185 Å². The van der Waals surface area contributed by atoms with Gasteiger partial charge in [0.1, 0.15) is 5.78 Å². The predicted molar refractivity (Wildman–Crippen MR) is 564 cm³/mol. The molecule has 819 valence electrons. The second kappa shape index (κ2) is 76.4. The van der Waals surface area contributed by atoms with Gasteiger partial charge in [0.2, 0.25) is 41.4 Å². The van der Waals surface area contributed by atoms with Crippen molar-refractivity contribution in [2.75, 3.05) is 263 Å². The van der Waals surface area contributed by atoms with E-state index in [1.54, 1.807) is 48.5 Å². The van der Waals surface area contributed by atoms with Crippen LogP contribution in [0.3, 0.4) is 0 Å². The van der Waals surface area contributed by atoms with Crippen molar-refractivity contribution in [2.45, 2.75) is 199 Å². The van der Waals surface area contributed by atoms with E-state index in [0.29, 0.717) is 30.2 Å². The molecule has 0 spiro atoms. The minimum absolute atomic E-state index is 0. The number of carbonyl (C=O) groups is 10. The van der Waals surface area contributed by atoms with Crippen molar-refractivity contribution >= 4 is 65.4 Å². The maximum absolute atomic E-state index is 11.5. The second-order valence-corrected chi connectivity index (χ2v) is 34.9. The number of esters is 2. The van der Waals surface area contributed by atoms with Crippen LogP contribution < -0.4 is 21.3 Å². The van der Waals surface area contributed by atoms with Gasteiger partial charge in [0.25, 0.3) is 0 Å². The molecule has 12 aliphatic rings. The van der Waals surface area contributed by atoms with Crippen LogP contribution in [-0.2, 0) is 90.2 Å². The Morgan fingerprint density at radius 1 is 0.308 bits per heavy atom. The van der Waals surface area contributed by atoms with Crippen molar-refractivity contribution in [1.82, 2.24) is 94.8 Å². The van der Waals surface area contributed by atoms with E-state index < -0.39 is 24.3 Å². The third kappa shape index (κ3) is 52.8. The molecule has 4 aromatic rings. The van der Waals surface area contributed by atoms with Crippen molar-refractivity contribution in [3.8, 4) is 0 Å². The van der Waals surface area contributed by atoms with E-state index >= 15 is 0 Å². The molecule has 0 aromatic heterocycles. The maximum atomic E-state index is 11.5. The minimum atomic E-state index is -5.62. The molecule has 12 aliphatic heterocycles. The molecule has 0 atom stereocenters. The number of likely N-dealkylation sites (N-methyl/N-ethyl adjacent to an activating group) is 2. The summed E-state index contributed by atoms with van der Waals surface area (Å²) in [6.07, 6.45) is -9.75. The first-order valence-corrected chi connectivity index (χ1v) is 46.1. The number of benzene rings is 4. The van der Waals surface area contributed by atoms with Gasteiger partial charge in [-0.2, -0.15) is 33.3 Å². The average Bonchev–Trinajstić information content (AvgIpc) is 0.779. The summed E-state index contributed by atoms with van der Waals surface area (Å²) in [6.45, 7) is 56.4. The van der Waals surface area contributed by atoms with Gasteiger partial charge in [-0.3, -0.25) is 69.2 Å². The fraction of sp³-hybridized carbons (Fsp3) is 0.667. The maximum Gasteiger partial charge on any atom is 0.491 e. The van der Waals surface area contributed by atoms with Crippen LogP contribution in [0.5, 0.6) is 0 Å². The predicted octanol–water partition coefficient (Wildman–Crippen LogP) is 11.0. The first-order valence-electron chi connectivity index (χ1n) is 46.1. The van der Waals surface area contributed by atoms with Crippen LogP contribution in [0.15, 0.2) is 121 Å². The number of likely N-dealkylation sites (tertiary alicyclic amines) is 4. The van der Waals surface area contributed by atoms with E-state index in [-0.39, 0.29) is 154 Å². The number of ketones is 1. The monoisotopic (exact) mass is 2110 g/mol. The van der Waals surface area contributed by atoms with E-state index in [4.69, 9.17) is 4.79 Å². The fourth-order valence-corrected chi connectivity index (χ4v) is 16.4. The van der Waals surface area contributed by atoms with Gasteiger partial charge in [-0.25, -0.2) is 9.59 Å². The van der Waals surface area contributed by atoms with E-state index in [9.17, 15) is 74.3 Å². The Balaban J connectivity index is -0.000000370. The zero-order chi connectivity index (χ0) is 97.0. The van der Waals surface area contributed by atoms with E-state index in [2.05, 4.69) is 208 Å². The number of Topliss-reactive ketones (excluding diaryl/α,β-unsaturated/α-hetero) is 1. The summed E-state index contributed by atoms with van der Waals surface area (Å²) < 4.78 is 69.7. The number of hydrogen-bond acceptors (Lipinski definition) is 24. The summed E-state index contributed by atoms with van der Waals surface area (Å²) in [4.78, 5) is 148. The largest absolute Gasteiger partial charge is 0.542 e. The van der Waals surface area contributed by atoms with Crippen molar-refractivity contribution in [3.05, 3.63) is 144 Å². The molecule has 38 heteroatoms. The van der Waals surface area contributed by atoms with Gasteiger partial charge in [0, 0.05) is 354 Å². The molecule has 4 N–H and O–H groups in total. The topological polar surface area (TPSA) is 294 Å². The average molecular weight is 2110 g/mol. The van der Waals surface area contributed by atoms with Gasteiger partial charge in [-0.15, -0.1) is 0 Å². The molecule has 31 nitrogen and oxygen atoms in total. The minimum Gasteiger partial charge on any atom is -0.542 e. The zero-order valence-electron chi connectivity index (χ0n) is 80.4. The number of nitrogens with zero attached hydrogens (tertiary/aromatic N) is 15. The molecule has 12 heterocycles. The standard InChI is InChI=1S/C22H27N3O.C17H19N.C11H19N3O2.2C9H17N3O.C7H14N2O.C6H12N2O.C5H12N2.C4F6O3.C3H6O.C2H3O.10CH4.Y/c1-18(26)23-12-14-24(15-13-23)21-16-25(17-21)22(19-8-4-2-5-9-19)20-10-6-3-7-11-20;1-14-12-18(13-14)17(15-8-4-2-5-9-15)16-10-6-3-7-11-16;1-9(15)12-3-5-13(6-4-12)11-7-14(8-11)10(2)16;1-8(13)11-2-4-12(5-3-11)9-6-10-7-9;1-8(13)12-6-9(7-12)11-4-2-10-3-5-11;1-7(10)9-5-3-8(2)4-6-9;1-6(9)8-4-2-7-3-5-8;1-7-4-2-6-3-5-7;5-3(6,7)1(11)13-2(12)4(8,9)10;1-3(2)4;1-2-3;;;;;;;;;;;/h2-11,21-22H,12-17H2,1H3;2-11,14,17H,12-13H2,1H3;11H,3-8H2,1-2H3;2*9-10H,2-7H2,1H3;3-6H2,1-2H3;7H,2-5H2,1H3;6H,2-5H2,1H3;;1-2H3;1H3;10*1H4;/q;;;;;;;;;;-1;;;;;;;;;;;. The first kappa shape index (κ1) is 146. The molecule has 4 aromatic carbocycles. The van der Waals surface area contributed by atoms with Crippen LogP contribution in [0.25, 0.3) is 0 Å². The Hall–Kier alpha value is -8.15. The number of hydrogen-bond donors (Lipinski definition) is 4. The Kier molecular flexibility index (Phi) is 77.7. The Bertz CT molecular complexity index is 3970. The second-order valence-electron chi connectivity index (χ2n) is 34.9. The number of amides is 7. The third-order valence-electron chi connectivity index (χ3n) is 24.5. The molecule has 0 aliphatic carbocycles. The molecule has 143 heavy (non-hydrogen) atoms. The Morgan fingerprint density at radius 2 is 0.517 bits per heavy atom. The number of nitrogens with one attached hydrogen (secondary N) is 4. The third-order valence-corrected chi connectivity index (χ3v) is 24.5. The zero-order valence-corrected chi connectivity index (χ0v) is 83.2. The summed E-state index contributed by atoms with van der Waals surface area (Å²) in [5.41, 5.74) is 5.52. The Labute approximate surface area is 882 Å². The molecule has 0 bridgehead atoms. The number of halogens is 6. The van der Waals surface area contributed by atoms with Gasteiger partial charge < -0.3 is 79.7 Å². The number of alkyl halides is 6. The SMILES string of the molecule is C.C.C.C.C.C.C.C.C.C.CC(=O)N1CC(N2CCNCC2)C1.CC(=O)N1CCN(C)CC1.CC(=O)N1CCN(C2CN(C(C)=O)C2)CC1.CC(=O)N1CCN(C2CN(C(c3ccccc3)c3ccccc3)C2)CC1.CC(=O)N1CCN(C2CNC2)CC1.CC(=O)N1CCNCC1.CC(C)=O.CC1CN(C(c2ccccc2)c2ccccc2)C1.CN1CCNCC1.C[C-]=O.O=C(OC(=O)C(F)(F)F)C(F)(F)F.[Y]. The molecular formula is C105H186F6N19O12Y-. The fourth-order valence-electron chi connectivity index (χ4n) is 16.4. The summed E-state index contributed by atoms with van der Waals surface area (Å²) in [5, 5.41) is 13.0. The normalized spacial score (nSPS) is 18.3. The Morgan fingerprint density at radius 3 is 0.734 bits per heavy atom. The van der Waals surface area contributed by atoms with E-state index in [1.807, 2.05) is 34.3 Å². The molecule has 7 amide bonds. The van der Waals surface area contributed by atoms with E-state index in [1.165, 1.54) is 75.5 Å². The van der Waals surface area contributed by atoms with Crippen LogP contribution in [0.2, 0.25) is 0 Å². The van der Waals surface area contributed by atoms with Gasteiger partial charge in [-0.05, 0) is 56.1 Å².